The number of thioether (sulfide) groups is 1. The second-order valence-corrected chi connectivity index (χ2v) is 10.3. The quantitative estimate of drug-likeness (QED) is 0.399. The lowest BCUT2D eigenvalue weighted by molar-refractivity contribution is -0.123. The summed E-state index contributed by atoms with van der Waals surface area (Å²) in [5.41, 5.74) is 1.30. The van der Waals surface area contributed by atoms with Crippen LogP contribution >= 0.6 is 11.8 Å². The Bertz CT molecular complexity index is 1390. The van der Waals surface area contributed by atoms with Gasteiger partial charge in [-0.15, -0.1) is 0 Å². The number of hydrazone groups is 1. The van der Waals surface area contributed by atoms with Gasteiger partial charge >= 0.3 is 0 Å². The van der Waals surface area contributed by atoms with Crippen molar-refractivity contribution in [1.82, 2.24) is 10.3 Å². The van der Waals surface area contributed by atoms with E-state index < -0.39 is 11.3 Å². The van der Waals surface area contributed by atoms with Crippen molar-refractivity contribution in [2.24, 2.45) is 5.10 Å². The van der Waals surface area contributed by atoms with Gasteiger partial charge in [-0.3, -0.25) is 9.59 Å². The molecular weight excluding hydrogens is 521 g/mol. The number of benzene rings is 3. The molecule has 2 amide bonds. The Balaban J connectivity index is 1.45. The molecule has 10 heteroatoms. The fourth-order valence-corrected chi connectivity index (χ4v) is 5.89. The highest BCUT2D eigenvalue weighted by molar-refractivity contribution is 8.14. The van der Waals surface area contributed by atoms with Crippen molar-refractivity contribution >= 4 is 28.6 Å². The number of hydrogen-bond donors (Lipinski definition) is 2. The third-order valence-electron chi connectivity index (χ3n) is 6.64. The Morgan fingerprint density at radius 3 is 2.54 bits per heavy atom. The lowest BCUT2D eigenvalue weighted by Crippen LogP contribution is -2.36. The zero-order chi connectivity index (χ0) is 27.4. The Morgan fingerprint density at radius 2 is 1.82 bits per heavy atom. The first kappa shape index (κ1) is 26.6. The lowest BCUT2D eigenvalue weighted by Gasteiger charge is -2.24. The minimum atomic E-state index is -0.692. The van der Waals surface area contributed by atoms with Gasteiger partial charge in [0.1, 0.15) is 22.0 Å². The number of carbonyl (C=O) groups is 2. The maximum atomic E-state index is 13.6. The number of ether oxygens (including phenoxy) is 2. The van der Waals surface area contributed by atoms with Crippen LogP contribution in [-0.2, 0) is 4.79 Å². The van der Waals surface area contributed by atoms with Crippen molar-refractivity contribution in [2.75, 3.05) is 13.7 Å². The molecule has 1 unspecified atom stereocenters. The van der Waals surface area contributed by atoms with E-state index in [1.54, 1.807) is 42.5 Å². The van der Waals surface area contributed by atoms with Gasteiger partial charge in [0.15, 0.2) is 18.1 Å². The molecule has 0 bridgehead atoms. The first-order chi connectivity index (χ1) is 18.9. The molecule has 2 N–H and O–H groups in total. The predicted octanol–water partition coefficient (Wildman–Crippen LogP) is 5.23. The minimum Gasteiger partial charge on any atom is -0.507 e. The zero-order valence-corrected chi connectivity index (χ0v) is 22.1. The molecule has 1 aliphatic heterocycles. The normalized spacial score (nSPS) is 17.1. The van der Waals surface area contributed by atoms with Crippen molar-refractivity contribution in [3.8, 4) is 17.2 Å². The summed E-state index contributed by atoms with van der Waals surface area (Å²) in [6.07, 6.45) is 4.17. The van der Waals surface area contributed by atoms with E-state index in [2.05, 4.69) is 10.4 Å². The van der Waals surface area contributed by atoms with Gasteiger partial charge in [0, 0.05) is 17.2 Å². The SMILES string of the molecule is COc1c(OCC(=O)NC2CCCC2)cccc1C1SC(c2ccc(F)cc2)=NN1C(=O)c1ccccc1O. The van der Waals surface area contributed by atoms with Crippen molar-refractivity contribution < 1.29 is 28.6 Å². The molecular formula is C29H28FN3O5S. The van der Waals surface area contributed by atoms with Crippen LogP contribution in [-0.4, -0.2) is 46.7 Å². The van der Waals surface area contributed by atoms with Crippen LogP contribution in [0.5, 0.6) is 17.2 Å². The van der Waals surface area contributed by atoms with Gasteiger partial charge in [-0.05, 0) is 55.3 Å². The zero-order valence-electron chi connectivity index (χ0n) is 21.3. The van der Waals surface area contributed by atoms with Crippen LogP contribution in [0.1, 0.15) is 52.5 Å². The molecule has 1 aliphatic carbocycles. The molecule has 1 saturated carbocycles. The number of aromatic hydroxyl groups is 1. The number of amides is 2. The van der Waals surface area contributed by atoms with Crippen molar-refractivity contribution in [3.05, 3.63) is 89.2 Å². The van der Waals surface area contributed by atoms with Crippen LogP contribution in [0.3, 0.4) is 0 Å². The molecule has 0 aromatic heterocycles. The smallest absolute Gasteiger partial charge is 0.279 e. The van der Waals surface area contributed by atoms with E-state index in [9.17, 15) is 19.1 Å². The van der Waals surface area contributed by atoms with E-state index in [-0.39, 0.29) is 35.7 Å². The van der Waals surface area contributed by atoms with Crippen LogP contribution in [0.25, 0.3) is 0 Å². The largest absolute Gasteiger partial charge is 0.507 e. The topological polar surface area (TPSA) is 100 Å². The molecule has 1 fully saturated rings. The number of nitrogens with one attached hydrogen (secondary N) is 1. The summed E-state index contributed by atoms with van der Waals surface area (Å²) in [5.74, 6) is -0.579. The summed E-state index contributed by atoms with van der Waals surface area (Å²) in [4.78, 5) is 26.1. The van der Waals surface area contributed by atoms with E-state index in [0.717, 1.165) is 25.7 Å². The van der Waals surface area contributed by atoms with E-state index in [0.29, 0.717) is 27.7 Å². The van der Waals surface area contributed by atoms with Crippen LogP contribution < -0.4 is 14.8 Å². The standard InChI is InChI=1S/C29H28FN3O5S/c1-37-26-22(10-6-12-24(26)38-17-25(35)31-20-7-2-3-8-20)29-33(28(36)21-9-4-5-11-23(21)34)32-27(39-29)18-13-15-19(30)16-14-18/h4-6,9-16,20,29,34H,2-3,7-8,17H2,1H3,(H,31,35). The van der Waals surface area contributed by atoms with Crippen LogP contribution in [0, 0.1) is 5.82 Å². The number of para-hydroxylation sites is 2. The molecule has 2 aliphatic rings. The average molecular weight is 550 g/mol. The molecule has 0 radical (unpaired) electrons. The Labute approximate surface area is 229 Å². The van der Waals surface area contributed by atoms with Gasteiger partial charge in [-0.2, -0.15) is 5.10 Å². The molecule has 1 atom stereocenters. The molecule has 202 valence electrons. The summed E-state index contributed by atoms with van der Waals surface area (Å²) < 4.78 is 25.1. The summed E-state index contributed by atoms with van der Waals surface area (Å²) in [6.45, 7) is -0.175. The fraction of sp³-hybridized carbons (Fsp3) is 0.276. The van der Waals surface area contributed by atoms with Crippen molar-refractivity contribution in [3.63, 3.8) is 0 Å². The highest BCUT2D eigenvalue weighted by Gasteiger charge is 2.37. The first-order valence-corrected chi connectivity index (χ1v) is 13.5. The molecule has 0 spiro atoms. The summed E-state index contributed by atoms with van der Waals surface area (Å²) in [5, 5.41) is 19.0. The van der Waals surface area contributed by atoms with Crippen molar-refractivity contribution in [1.29, 1.82) is 0 Å². The number of halogens is 1. The third-order valence-corrected chi connectivity index (χ3v) is 7.85. The van der Waals surface area contributed by atoms with Gasteiger partial charge in [-0.1, -0.05) is 48.9 Å². The summed E-state index contributed by atoms with van der Waals surface area (Å²) >= 11 is 1.28. The third kappa shape index (κ3) is 5.85. The van der Waals surface area contributed by atoms with Gasteiger partial charge in [0.2, 0.25) is 0 Å². The van der Waals surface area contributed by atoms with Gasteiger partial charge in [-0.25, -0.2) is 9.40 Å². The van der Waals surface area contributed by atoms with Gasteiger partial charge in [0.05, 0.1) is 12.7 Å². The molecule has 5 rings (SSSR count). The van der Waals surface area contributed by atoms with Crippen LogP contribution in [0.4, 0.5) is 4.39 Å². The van der Waals surface area contributed by atoms with E-state index in [1.165, 1.54) is 48.1 Å². The molecule has 8 nitrogen and oxygen atoms in total. The van der Waals surface area contributed by atoms with Gasteiger partial charge in [0.25, 0.3) is 11.8 Å². The minimum absolute atomic E-state index is 0.0853. The molecule has 3 aromatic rings. The van der Waals surface area contributed by atoms with E-state index in [4.69, 9.17) is 9.47 Å². The maximum Gasteiger partial charge on any atom is 0.279 e. The summed E-state index contributed by atoms with van der Waals surface area (Å²) in [7, 11) is 1.49. The number of methoxy groups -OCH3 is 1. The van der Waals surface area contributed by atoms with Crippen molar-refractivity contribution in [2.45, 2.75) is 37.1 Å². The van der Waals surface area contributed by atoms with E-state index in [1.807, 2.05) is 0 Å². The summed E-state index contributed by atoms with van der Waals surface area (Å²) in [6, 6.07) is 17.5. The van der Waals surface area contributed by atoms with Crippen LogP contribution in [0.2, 0.25) is 0 Å². The number of carbonyl (C=O) groups excluding carboxylic acids is 2. The molecule has 0 saturated heterocycles. The Kier molecular flexibility index (Phi) is 8.02. The second-order valence-electron chi connectivity index (χ2n) is 9.27. The monoisotopic (exact) mass is 549 g/mol. The lowest BCUT2D eigenvalue weighted by atomic mass is 10.1. The first-order valence-electron chi connectivity index (χ1n) is 12.7. The number of nitrogens with zero attached hydrogens (tertiary/aromatic N) is 2. The number of hydrogen-bond acceptors (Lipinski definition) is 7. The second kappa shape index (κ2) is 11.8. The number of phenolic OH excluding ortho intramolecular Hbond substituents is 1. The maximum absolute atomic E-state index is 13.6. The van der Waals surface area contributed by atoms with Gasteiger partial charge < -0.3 is 19.9 Å². The predicted molar refractivity (Wildman–Crippen MR) is 146 cm³/mol. The number of phenols is 1. The number of rotatable bonds is 8. The fourth-order valence-electron chi connectivity index (χ4n) is 4.71. The Hall–Kier alpha value is -4.05. The molecule has 1 heterocycles. The van der Waals surface area contributed by atoms with E-state index >= 15 is 0 Å². The van der Waals surface area contributed by atoms with Crippen LogP contribution in [0.15, 0.2) is 71.8 Å². The Morgan fingerprint density at radius 1 is 1.08 bits per heavy atom. The highest BCUT2D eigenvalue weighted by Crippen LogP contribution is 2.47. The molecule has 39 heavy (non-hydrogen) atoms. The highest BCUT2D eigenvalue weighted by atomic mass is 32.2. The average Bonchev–Trinajstić information content (AvgIpc) is 3.62. The molecule has 3 aromatic carbocycles.